The molecular formula is C18H12O4. The summed E-state index contributed by atoms with van der Waals surface area (Å²) < 4.78 is 0. The van der Waals surface area contributed by atoms with Gasteiger partial charge in [0, 0.05) is 10.8 Å². The molecule has 0 saturated heterocycles. The Balaban J connectivity index is 2.21. The van der Waals surface area contributed by atoms with Gasteiger partial charge in [-0.1, -0.05) is 24.3 Å². The lowest BCUT2D eigenvalue weighted by atomic mass is 9.98. The highest BCUT2D eigenvalue weighted by molar-refractivity contribution is 6.09. The first kappa shape index (κ1) is 12.6. The molecule has 4 aromatic rings. The predicted molar refractivity (Wildman–Crippen MR) is 85.6 cm³/mol. The molecule has 0 fully saturated rings. The van der Waals surface area contributed by atoms with Gasteiger partial charge in [0.25, 0.3) is 0 Å². The molecule has 0 heterocycles. The van der Waals surface area contributed by atoms with Gasteiger partial charge in [0.05, 0.1) is 0 Å². The summed E-state index contributed by atoms with van der Waals surface area (Å²) in [7, 11) is 0. The van der Waals surface area contributed by atoms with E-state index in [1.54, 1.807) is 12.1 Å². The van der Waals surface area contributed by atoms with Crippen molar-refractivity contribution < 1.29 is 20.4 Å². The van der Waals surface area contributed by atoms with E-state index in [9.17, 15) is 20.4 Å². The number of benzene rings is 4. The van der Waals surface area contributed by atoms with E-state index in [-0.39, 0.29) is 10.8 Å². The Bertz CT molecular complexity index is 982. The maximum absolute atomic E-state index is 10.0. The van der Waals surface area contributed by atoms with Gasteiger partial charge >= 0.3 is 0 Å². The van der Waals surface area contributed by atoms with Crippen molar-refractivity contribution in [3.8, 4) is 23.0 Å². The highest BCUT2D eigenvalue weighted by Crippen LogP contribution is 2.49. The lowest BCUT2D eigenvalue weighted by molar-refractivity contribution is 0.351. The lowest BCUT2D eigenvalue weighted by Gasteiger charge is -2.11. The molecule has 0 atom stereocenters. The number of rotatable bonds is 0. The average Bonchev–Trinajstić information content (AvgIpc) is 2.55. The summed E-state index contributed by atoms with van der Waals surface area (Å²) in [6.45, 7) is 0. The van der Waals surface area contributed by atoms with Crippen LogP contribution in [-0.2, 0) is 0 Å². The van der Waals surface area contributed by atoms with E-state index < -0.39 is 23.0 Å². The topological polar surface area (TPSA) is 80.9 Å². The van der Waals surface area contributed by atoms with Crippen LogP contribution in [0.1, 0.15) is 0 Å². The SMILES string of the molecule is Oc1c(O)c(O)c2cc3cc4ccccc4cc3cc2c1O. The molecule has 4 N–H and O–H groups in total. The molecule has 0 aliphatic heterocycles. The van der Waals surface area contributed by atoms with Gasteiger partial charge < -0.3 is 20.4 Å². The summed E-state index contributed by atoms with van der Waals surface area (Å²) in [6, 6.07) is 15.2. The van der Waals surface area contributed by atoms with Gasteiger partial charge in [0.15, 0.2) is 11.5 Å². The van der Waals surface area contributed by atoms with E-state index in [0.29, 0.717) is 0 Å². The molecule has 0 bridgehead atoms. The minimum absolute atomic E-state index is 0.288. The number of phenolic OH excluding ortho intramolecular Hbond substituents is 4. The van der Waals surface area contributed by atoms with Crippen LogP contribution in [0.5, 0.6) is 23.0 Å². The molecule has 4 heteroatoms. The van der Waals surface area contributed by atoms with Gasteiger partial charge in [0.2, 0.25) is 11.5 Å². The smallest absolute Gasteiger partial charge is 0.204 e. The van der Waals surface area contributed by atoms with Crippen LogP contribution < -0.4 is 0 Å². The van der Waals surface area contributed by atoms with Gasteiger partial charge in [-0.25, -0.2) is 0 Å². The lowest BCUT2D eigenvalue weighted by Crippen LogP contribution is -1.82. The molecule has 22 heavy (non-hydrogen) atoms. The van der Waals surface area contributed by atoms with Gasteiger partial charge in [-0.3, -0.25) is 0 Å². The minimum atomic E-state index is -0.717. The van der Waals surface area contributed by atoms with Crippen LogP contribution in [0.4, 0.5) is 0 Å². The number of hydrogen-bond donors (Lipinski definition) is 4. The fourth-order valence-corrected chi connectivity index (χ4v) is 2.86. The second kappa shape index (κ2) is 4.18. The molecule has 0 radical (unpaired) electrons. The van der Waals surface area contributed by atoms with Crippen molar-refractivity contribution in [2.45, 2.75) is 0 Å². The zero-order valence-electron chi connectivity index (χ0n) is 11.4. The highest BCUT2D eigenvalue weighted by atomic mass is 16.3. The van der Waals surface area contributed by atoms with E-state index in [4.69, 9.17) is 0 Å². The molecule has 4 nitrogen and oxygen atoms in total. The molecule has 0 aliphatic rings. The fourth-order valence-electron chi connectivity index (χ4n) is 2.86. The summed E-state index contributed by atoms with van der Waals surface area (Å²) >= 11 is 0. The summed E-state index contributed by atoms with van der Waals surface area (Å²) in [5.41, 5.74) is 0. The third-order valence-corrected chi connectivity index (χ3v) is 4.02. The Morgan fingerprint density at radius 1 is 0.455 bits per heavy atom. The maximum atomic E-state index is 10.0. The predicted octanol–water partition coefficient (Wildman–Crippen LogP) is 3.97. The quantitative estimate of drug-likeness (QED) is 0.224. The van der Waals surface area contributed by atoms with Gasteiger partial charge in [-0.15, -0.1) is 0 Å². The molecule has 4 aromatic carbocycles. The third kappa shape index (κ3) is 1.58. The largest absolute Gasteiger partial charge is 0.504 e. The van der Waals surface area contributed by atoms with Crippen LogP contribution in [0.2, 0.25) is 0 Å². The van der Waals surface area contributed by atoms with Crippen LogP contribution >= 0.6 is 0 Å². The Kier molecular flexibility index (Phi) is 2.39. The van der Waals surface area contributed by atoms with E-state index in [1.807, 2.05) is 36.4 Å². The summed E-state index contributed by atoms with van der Waals surface area (Å²) in [5.74, 6) is -2.32. The first-order valence-electron chi connectivity index (χ1n) is 6.78. The van der Waals surface area contributed by atoms with E-state index >= 15 is 0 Å². The summed E-state index contributed by atoms with van der Waals surface area (Å²) in [6.07, 6.45) is 0. The fraction of sp³-hybridized carbons (Fsp3) is 0. The zero-order chi connectivity index (χ0) is 15.4. The molecule has 0 amide bonds. The van der Waals surface area contributed by atoms with Crippen LogP contribution in [0.15, 0.2) is 48.5 Å². The molecule has 0 unspecified atom stereocenters. The third-order valence-electron chi connectivity index (χ3n) is 4.02. The summed E-state index contributed by atoms with van der Waals surface area (Å²) in [5, 5.41) is 43.8. The number of aromatic hydroxyl groups is 4. The first-order valence-corrected chi connectivity index (χ1v) is 6.78. The minimum Gasteiger partial charge on any atom is -0.504 e. The van der Waals surface area contributed by atoms with Gasteiger partial charge in [-0.2, -0.15) is 0 Å². The molecular weight excluding hydrogens is 280 g/mol. The van der Waals surface area contributed by atoms with Crippen LogP contribution in [-0.4, -0.2) is 20.4 Å². The van der Waals surface area contributed by atoms with Crippen molar-refractivity contribution in [2.24, 2.45) is 0 Å². The Morgan fingerprint density at radius 3 is 1.27 bits per heavy atom. The molecule has 0 aliphatic carbocycles. The standard InChI is InChI=1S/C18H12O4/c19-15-13-7-11-5-9-3-1-2-4-10(9)6-12(11)8-14(13)16(20)18(22)17(15)21/h1-8,19-22H. The monoisotopic (exact) mass is 292 g/mol. The van der Waals surface area contributed by atoms with Gasteiger partial charge in [-0.05, 0) is 45.8 Å². The second-order valence-electron chi connectivity index (χ2n) is 5.34. The zero-order valence-corrected chi connectivity index (χ0v) is 11.4. The van der Waals surface area contributed by atoms with Crippen molar-refractivity contribution in [1.29, 1.82) is 0 Å². The Hall–Kier alpha value is -3.14. The number of fused-ring (bicyclic) bond motifs is 3. The summed E-state index contributed by atoms with van der Waals surface area (Å²) in [4.78, 5) is 0. The molecule has 0 spiro atoms. The maximum Gasteiger partial charge on any atom is 0.204 e. The first-order chi connectivity index (χ1) is 10.6. The number of hydrogen-bond acceptors (Lipinski definition) is 4. The van der Waals surface area contributed by atoms with Gasteiger partial charge in [0.1, 0.15) is 0 Å². The van der Waals surface area contributed by atoms with E-state index in [2.05, 4.69) is 0 Å². The van der Waals surface area contributed by atoms with Crippen molar-refractivity contribution in [3.05, 3.63) is 48.5 Å². The number of phenols is 4. The van der Waals surface area contributed by atoms with Crippen LogP contribution in [0.25, 0.3) is 32.3 Å². The second-order valence-corrected chi connectivity index (χ2v) is 5.34. The molecule has 108 valence electrons. The molecule has 0 saturated carbocycles. The Morgan fingerprint density at radius 2 is 0.864 bits per heavy atom. The van der Waals surface area contributed by atoms with E-state index in [1.165, 1.54) is 0 Å². The highest BCUT2D eigenvalue weighted by Gasteiger charge is 2.18. The average molecular weight is 292 g/mol. The van der Waals surface area contributed by atoms with Crippen LogP contribution in [0, 0.1) is 0 Å². The van der Waals surface area contributed by atoms with Crippen molar-refractivity contribution in [2.75, 3.05) is 0 Å². The van der Waals surface area contributed by atoms with Crippen LogP contribution in [0.3, 0.4) is 0 Å². The van der Waals surface area contributed by atoms with Crippen molar-refractivity contribution in [3.63, 3.8) is 0 Å². The normalized spacial score (nSPS) is 11.5. The molecule has 4 rings (SSSR count). The Labute approximate surface area is 125 Å². The van der Waals surface area contributed by atoms with Crippen molar-refractivity contribution >= 4 is 32.3 Å². The molecule has 0 aromatic heterocycles. The van der Waals surface area contributed by atoms with E-state index in [0.717, 1.165) is 21.5 Å². The van der Waals surface area contributed by atoms with Crippen molar-refractivity contribution in [1.82, 2.24) is 0 Å².